The molecule has 2 atom stereocenters. The van der Waals surface area contributed by atoms with E-state index in [9.17, 15) is 4.79 Å². The minimum absolute atomic E-state index is 0.0350. The van der Waals surface area contributed by atoms with Crippen LogP contribution in [0.3, 0.4) is 0 Å². The molecular formula is C24H24N2O3S. The van der Waals surface area contributed by atoms with Crippen LogP contribution in [0.5, 0.6) is 5.75 Å². The summed E-state index contributed by atoms with van der Waals surface area (Å²) in [5.41, 5.74) is 2.19. The average Bonchev–Trinajstić information content (AvgIpc) is 3.51. The van der Waals surface area contributed by atoms with Crippen molar-refractivity contribution >= 4 is 44.9 Å². The van der Waals surface area contributed by atoms with Gasteiger partial charge < -0.3 is 14.5 Å². The first-order valence-electron chi connectivity index (χ1n) is 10.2. The number of benzene rings is 2. The summed E-state index contributed by atoms with van der Waals surface area (Å²) in [4.78, 5) is 16.8. The molecule has 5 rings (SSSR count). The quantitative estimate of drug-likeness (QED) is 0.442. The van der Waals surface area contributed by atoms with Gasteiger partial charge in [-0.2, -0.15) is 0 Å². The Labute approximate surface area is 179 Å². The average molecular weight is 421 g/mol. The third-order valence-electron chi connectivity index (χ3n) is 6.00. The van der Waals surface area contributed by atoms with Gasteiger partial charge in [0.15, 0.2) is 0 Å². The molecule has 4 aromatic rings. The van der Waals surface area contributed by atoms with Gasteiger partial charge in [0.2, 0.25) is 5.91 Å². The maximum atomic E-state index is 13.2. The molecule has 154 valence electrons. The summed E-state index contributed by atoms with van der Waals surface area (Å²) in [6.45, 7) is 2.91. The van der Waals surface area contributed by atoms with Crippen molar-refractivity contribution in [3.8, 4) is 5.75 Å². The van der Waals surface area contributed by atoms with Gasteiger partial charge in [0.1, 0.15) is 16.9 Å². The zero-order valence-electron chi connectivity index (χ0n) is 17.1. The second kappa shape index (κ2) is 7.78. The Bertz CT molecular complexity index is 1200. The number of nitrogens with zero attached hydrogens (tertiary/aromatic N) is 1. The zero-order chi connectivity index (χ0) is 20.7. The van der Waals surface area contributed by atoms with E-state index in [4.69, 9.17) is 9.15 Å². The Balaban J connectivity index is 1.43. The molecule has 0 saturated carbocycles. The molecule has 0 bridgehead atoms. The molecule has 0 unspecified atom stereocenters. The molecule has 1 fully saturated rings. The monoisotopic (exact) mass is 420 g/mol. The van der Waals surface area contributed by atoms with Gasteiger partial charge in [-0.15, -0.1) is 11.3 Å². The summed E-state index contributed by atoms with van der Waals surface area (Å²) < 4.78 is 11.6. The van der Waals surface area contributed by atoms with Crippen molar-refractivity contribution in [2.45, 2.75) is 31.8 Å². The molecule has 1 saturated heterocycles. The van der Waals surface area contributed by atoms with Crippen LogP contribution in [0.15, 0.2) is 58.3 Å². The molecule has 5 nitrogen and oxygen atoms in total. The van der Waals surface area contributed by atoms with Crippen LogP contribution in [0.2, 0.25) is 0 Å². The van der Waals surface area contributed by atoms with E-state index in [-0.39, 0.29) is 11.9 Å². The number of hydrogen-bond acceptors (Lipinski definition) is 5. The number of para-hydroxylation sites is 1. The fourth-order valence-corrected chi connectivity index (χ4v) is 5.33. The molecule has 6 heteroatoms. The zero-order valence-corrected chi connectivity index (χ0v) is 17.9. The van der Waals surface area contributed by atoms with Gasteiger partial charge in [-0.25, -0.2) is 0 Å². The third kappa shape index (κ3) is 3.26. The number of nitrogens with one attached hydrogen (secondary N) is 1. The Kier molecular flexibility index (Phi) is 4.97. The number of methoxy groups -OCH3 is 1. The van der Waals surface area contributed by atoms with E-state index in [1.165, 1.54) is 4.88 Å². The van der Waals surface area contributed by atoms with Crippen LogP contribution in [0.25, 0.3) is 21.9 Å². The van der Waals surface area contributed by atoms with E-state index in [0.717, 1.165) is 41.3 Å². The van der Waals surface area contributed by atoms with Crippen molar-refractivity contribution in [3.63, 3.8) is 0 Å². The molecule has 2 aromatic carbocycles. The molecule has 1 aliphatic rings. The highest BCUT2D eigenvalue weighted by molar-refractivity contribution is 7.10. The summed E-state index contributed by atoms with van der Waals surface area (Å²) in [6, 6.07) is 16.0. The van der Waals surface area contributed by atoms with Crippen LogP contribution in [0, 0.1) is 0 Å². The van der Waals surface area contributed by atoms with Crippen LogP contribution in [-0.4, -0.2) is 30.5 Å². The van der Waals surface area contributed by atoms with Crippen molar-refractivity contribution in [1.82, 2.24) is 4.90 Å². The number of amides is 1. The number of carbonyl (C=O) groups excluding carboxylic acids is 1. The minimum atomic E-state index is -0.240. The first-order chi connectivity index (χ1) is 14.7. The van der Waals surface area contributed by atoms with E-state index < -0.39 is 0 Å². The van der Waals surface area contributed by atoms with Crippen LogP contribution in [0.4, 0.5) is 5.69 Å². The summed E-state index contributed by atoms with van der Waals surface area (Å²) >= 11 is 1.76. The second-order valence-electron chi connectivity index (χ2n) is 7.72. The lowest BCUT2D eigenvalue weighted by Crippen LogP contribution is -2.41. The number of carbonyl (C=O) groups is 1. The first-order valence-corrected chi connectivity index (χ1v) is 11.1. The van der Waals surface area contributed by atoms with Gasteiger partial charge in [-0.05, 0) is 49.9 Å². The summed E-state index contributed by atoms with van der Waals surface area (Å²) in [6.07, 6.45) is 2.20. The van der Waals surface area contributed by atoms with Gasteiger partial charge in [-0.3, -0.25) is 9.69 Å². The fraction of sp³-hybridized carbons (Fsp3) is 0.292. The molecule has 3 heterocycles. The van der Waals surface area contributed by atoms with Crippen molar-refractivity contribution < 1.29 is 13.9 Å². The number of likely N-dealkylation sites (tertiary alicyclic amines) is 1. The SMILES string of the molecule is COc1cc2c(cc1NC(=O)[C@@H](C)N1CCC[C@@H]1c1cccs1)oc1ccccc12. The van der Waals surface area contributed by atoms with Gasteiger partial charge in [0.05, 0.1) is 18.8 Å². The molecule has 2 aromatic heterocycles. The molecule has 1 amide bonds. The summed E-state index contributed by atoms with van der Waals surface area (Å²) in [5.74, 6) is 0.595. The number of ether oxygens (including phenoxy) is 1. The van der Waals surface area contributed by atoms with Crippen LogP contribution < -0.4 is 10.1 Å². The number of furan rings is 1. The standard InChI is InChI=1S/C24H24N2O3S/c1-15(26-11-5-8-19(26)23-10-6-12-30-23)24(27)25-18-14-21-17(13-22(18)28-2)16-7-3-4-9-20(16)29-21/h3-4,6-7,9-10,12-15,19H,5,8,11H2,1-2H3,(H,25,27)/t15-,19-/m1/s1. The van der Waals surface area contributed by atoms with Crippen LogP contribution >= 0.6 is 11.3 Å². The predicted octanol–water partition coefficient (Wildman–Crippen LogP) is 5.82. The highest BCUT2D eigenvalue weighted by Gasteiger charge is 2.33. The molecule has 1 N–H and O–H groups in total. The third-order valence-corrected chi connectivity index (χ3v) is 6.97. The number of fused-ring (bicyclic) bond motifs is 3. The van der Waals surface area contributed by atoms with Gasteiger partial charge in [0, 0.05) is 27.8 Å². The Morgan fingerprint density at radius 2 is 2.07 bits per heavy atom. The van der Waals surface area contributed by atoms with E-state index in [1.54, 1.807) is 18.4 Å². The van der Waals surface area contributed by atoms with Crippen molar-refractivity contribution in [2.24, 2.45) is 0 Å². The largest absolute Gasteiger partial charge is 0.495 e. The molecular weight excluding hydrogens is 396 g/mol. The van der Waals surface area contributed by atoms with Crippen molar-refractivity contribution in [2.75, 3.05) is 19.0 Å². The second-order valence-corrected chi connectivity index (χ2v) is 8.70. The lowest BCUT2D eigenvalue weighted by Gasteiger charge is -2.29. The maximum Gasteiger partial charge on any atom is 0.241 e. The van der Waals surface area contributed by atoms with E-state index in [0.29, 0.717) is 17.5 Å². The minimum Gasteiger partial charge on any atom is -0.495 e. The van der Waals surface area contributed by atoms with Crippen LogP contribution in [-0.2, 0) is 4.79 Å². The highest BCUT2D eigenvalue weighted by Crippen LogP contribution is 2.38. The normalized spacial score (nSPS) is 18.1. The smallest absolute Gasteiger partial charge is 0.241 e. The maximum absolute atomic E-state index is 13.2. The summed E-state index contributed by atoms with van der Waals surface area (Å²) in [5, 5.41) is 7.19. The molecule has 30 heavy (non-hydrogen) atoms. The van der Waals surface area contributed by atoms with Gasteiger partial charge in [-0.1, -0.05) is 24.3 Å². The lowest BCUT2D eigenvalue weighted by atomic mass is 10.1. The number of hydrogen-bond donors (Lipinski definition) is 1. The first kappa shape index (κ1) is 19.2. The molecule has 1 aliphatic heterocycles. The fourth-order valence-electron chi connectivity index (χ4n) is 4.44. The van der Waals surface area contributed by atoms with E-state index in [2.05, 4.69) is 27.7 Å². The molecule has 0 radical (unpaired) electrons. The van der Waals surface area contributed by atoms with Crippen LogP contribution in [0.1, 0.15) is 30.7 Å². The molecule has 0 aliphatic carbocycles. The lowest BCUT2D eigenvalue weighted by molar-refractivity contribution is -0.121. The topological polar surface area (TPSA) is 54.7 Å². The van der Waals surface area contributed by atoms with Gasteiger partial charge >= 0.3 is 0 Å². The van der Waals surface area contributed by atoms with E-state index >= 15 is 0 Å². The Morgan fingerprint density at radius 1 is 1.20 bits per heavy atom. The summed E-state index contributed by atoms with van der Waals surface area (Å²) in [7, 11) is 1.62. The number of thiophene rings is 1. The number of rotatable bonds is 5. The van der Waals surface area contributed by atoms with Gasteiger partial charge in [0.25, 0.3) is 0 Å². The van der Waals surface area contributed by atoms with Crippen molar-refractivity contribution in [3.05, 3.63) is 58.8 Å². The predicted molar refractivity (Wildman–Crippen MR) is 121 cm³/mol. The van der Waals surface area contributed by atoms with E-state index in [1.807, 2.05) is 43.3 Å². The van der Waals surface area contributed by atoms with Crippen molar-refractivity contribution in [1.29, 1.82) is 0 Å². The highest BCUT2D eigenvalue weighted by atomic mass is 32.1. The Morgan fingerprint density at radius 3 is 2.87 bits per heavy atom. The molecule has 0 spiro atoms. The Hall–Kier alpha value is -2.83. The number of anilines is 1.